The van der Waals surface area contributed by atoms with Crippen LogP contribution in [-0.4, -0.2) is 47.3 Å². The molecule has 0 N–H and O–H groups in total. The highest BCUT2D eigenvalue weighted by molar-refractivity contribution is 7.86. The van der Waals surface area contributed by atoms with Crippen molar-refractivity contribution < 1.29 is 12.9 Å². The summed E-state index contributed by atoms with van der Waals surface area (Å²) in [6, 6.07) is 0. The van der Waals surface area contributed by atoms with Gasteiger partial charge >= 0.3 is 0 Å². The Morgan fingerprint density at radius 1 is 1.39 bits per heavy atom. The molecule has 1 aliphatic rings. The molecule has 0 aliphatic carbocycles. The molecular formula is C10H18N4O3S. The van der Waals surface area contributed by atoms with Crippen LogP contribution in [0, 0.1) is 0 Å². The Labute approximate surface area is 107 Å². The normalized spacial score (nSPS) is 17.7. The lowest BCUT2D eigenvalue weighted by Gasteiger charge is -2.22. The third kappa shape index (κ3) is 2.70. The Morgan fingerprint density at radius 3 is 2.61 bits per heavy atom. The van der Waals surface area contributed by atoms with Crippen molar-refractivity contribution in [3.63, 3.8) is 0 Å². The SMILES string of the molecule is CCc1nc(CN(C)S(=O)(=O)N2CCCC2)no1. The van der Waals surface area contributed by atoms with Gasteiger partial charge in [0.1, 0.15) is 0 Å². The van der Waals surface area contributed by atoms with Crippen LogP contribution in [-0.2, 0) is 23.2 Å². The highest BCUT2D eigenvalue weighted by atomic mass is 32.2. The quantitative estimate of drug-likeness (QED) is 0.776. The highest BCUT2D eigenvalue weighted by Crippen LogP contribution is 2.16. The van der Waals surface area contributed by atoms with E-state index in [1.54, 1.807) is 0 Å². The van der Waals surface area contributed by atoms with E-state index in [1.807, 2.05) is 6.92 Å². The van der Waals surface area contributed by atoms with Crippen LogP contribution in [0.4, 0.5) is 0 Å². The van der Waals surface area contributed by atoms with Gasteiger partial charge in [-0.1, -0.05) is 12.1 Å². The van der Waals surface area contributed by atoms with Crippen LogP contribution in [0.15, 0.2) is 4.52 Å². The molecule has 7 nitrogen and oxygen atoms in total. The van der Waals surface area contributed by atoms with E-state index in [-0.39, 0.29) is 6.54 Å². The predicted molar refractivity (Wildman–Crippen MR) is 64.9 cm³/mol. The summed E-state index contributed by atoms with van der Waals surface area (Å²) in [6.07, 6.45) is 2.50. The molecule has 1 aromatic rings. The van der Waals surface area contributed by atoms with Gasteiger partial charge in [-0.15, -0.1) is 0 Å². The van der Waals surface area contributed by atoms with E-state index in [0.717, 1.165) is 12.8 Å². The summed E-state index contributed by atoms with van der Waals surface area (Å²) in [5, 5.41) is 3.76. The van der Waals surface area contributed by atoms with Crippen molar-refractivity contribution in [3.05, 3.63) is 11.7 Å². The molecule has 0 unspecified atom stereocenters. The third-order valence-corrected chi connectivity index (χ3v) is 4.90. The van der Waals surface area contributed by atoms with Crippen LogP contribution in [0.5, 0.6) is 0 Å². The van der Waals surface area contributed by atoms with Crippen molar-refractivity contribution in [2.45, 2.75) is 32.7 Å². The van der Waals surface area contributed by atoms with Crippen LogP contribution in [0.3, 0.4) is 0 Å². The maximum Gasteiger partial charge on any atom is 0.282 e. The lowest BCUT2D eigenvalue weighted by Crippen LogP contribution is -2.40. The lowest BCUT2D eigenvalue weighted by atomic mass is 10.4. The van der Waals surface area contributed by atoms with Crippen molar-refractivity contribution in [1.82, 2.24) is 18.8 Å². The maximum atomic E-state index is 12.2. The minimum atomic E-state index is -3.39. The molecule has 102 valence electrons. The summed E-state index contributed by atoms with van der Waals surface area (Å²) in [5.41, 5.74) is 0. The number of rotatable bonds is 5. The molecule has 8 heteroatoms. The second-order valence-electron chi connectivity index (χ2n) is 4.33. The molecule has 1 aromatic heterocycles. The van der Waals surface area contributed by atoms with Gasteiger partial charge in [-0.3, -0.25) is 0 Å². The second kappa shape index (κ2) is 5.33. The van der Waals surface area contributed by atoms with Crippen LogP contribution >= 0.6 is 0 Å². The molecule has 1 saturated heterocycles. The van der Waals surface area contributed by atoms with Gasteiger partial charge in [-0.2, -0.15) is 22.0 Å². The van der Waals surface area contributed by atoms with E-state index in [0.29, 0.717) is 31.2 Å². The largest absolute Gasteiger partial charge is 0.339 e. The summed E-state index contributed by atoms with van der Waals surface area (Å²) in [4.78, 5) is 4.11. The van der Waals surface area contributed by atoms with E-state index in [1.165, 1.54) is 15.7 Å². The van der Waals surface area contributed by atoms with Crippen molar-refractivity contribution in [3.8, 4) is 0 Å². The van der Waals surface area contributed by atoms with Crippen molar-refractivity contribution in [2.75, 3.05) is 20.1 Å². The fourth-order valence-corrected chi connectivity index (χ4v) is 3.29. The van der Waals surface area contributed by atoms with Crippen LogP contribution in [0.2, 0.25) is 0 Å². The predicted octanol–water partition coefficient (Wildman–Crippen LogP) is 0.404. The first kappa shape index (κ1) is 13.4. The molecule has 0 radical (unpaired) electrons. The minimum absolute atomic E-state index is 0.141. The molecule has 0 spiro atoms. The average molecular weight is 274 g/mol. The average Bonchev–Trinajstić information content (AvgIpc) is 2.99. The van der Waals surface area contributed by atoms with Gasteiger partial charge in [0.05, 0.1) is 6.54 Å². The van der Waals surface area contributed by atoms with Crippen molar-refractivity contribution in [2.24, 2.45) is 0 Å². The molecule has 1 fully saturated rings. The van der Waals surface area contributed by atoms with E-state index < -0.39 is 10.2 Å². The first-order valence-electron chi connectivity index (χ1n) is 6.07. The lowest BCUT2D eigenvalue weighted by molar-refractivity contribution is 0.359. The smallest absolute Gasteiger partial charge is 0.282 e. The van der Waals surface area contributed by atoms with Gasteiger partial charge in [-0.25, -0.2) is 0 Å². The molecular weight excluding hydrogens is 256 g/mol. The molecule has 0 aromatic carbocycles. The van der Waals surface area contributed by atoms with Gasteiger partial charge in [-0.05, 0) is 12.8 Å². The summed E-state index contributed by atoms with van der Waals surface area (Å²) in [5.74, 6) is 0.925. The minimum Gasteiger partial charge on any atom is -0.339 e. The Morgan fingerprint density at radius 2 is 2.06 bits per heavy atom. The third-order valence-electron chi connectivity index (χ3n) is 2.96. The van der Waals surface area contributed by atoms with Crippen LogP contribution in [0.25, 0.3) is 0 Å². The van der Waals surface area contributed by atoms with E-state index in [9.17, 15) is 8.42 Å². The fraction of sp³-hybridized carbons (Fsp3) is 0.800. The van der Waals surface area contributed by atoms with E-state index >= 15 is 0 Å². The fourth-order valence-electron chi connectivity index (χ4n) is 1.89. The Bertz CT molecular complexity index is 493. The van der Waals surface area contributed by atoms with Gasteiger partial charge in [0, 0.05) is 26.6 Å². The van der Waals surface area contributed by atoms with Gasteiger partial charge in [0.2, 0.25) is 5.89 Å². The number of aromatic nitrogens is 2. The van der Waals surface area contributed by atoms with E-state index in [2.05, 4.69) is 10.1 Å². The van der Waals surface area contributed by atoms with Gasteiger partial charge < -0.3 is 4.52 Å². The topological polar surface area (TPSA) is 79.5 Å². The van der Waals surface area contributed by atoms with Crippen LogP contribution < -0.4 is 0 Å². The van der Waals surface area contributed by atoms with Crippen molar-refractivity contribution >= 4 is 10.2 Å². The van der Waals surface area contributed by atoms with E-state index in [4.69, 9.17) is 4.52 Å². The van der Waals surface area contributed by atoms with Crippen molar-refractivity contribution in [1.29, 1.82) is 0 Å². The zero-order valence-corrected chi connectivity index (χ0v) is 11.5. The number of nitrogens with zero attached hydrogens (tertiary/aromatic N) is 4. The van der Waals surface area contributed by atoms with Gasteiger partial charge in [0.15, 0.2) is 5.82 Å². The highest BCUT2D eigenvalue weighted by Gasteiger charge is 2.30. The van der Waals surface area contributed by atoms with Crippen LogP contribution in [0.1, 0.15) is 31.5 Å². The molecule has 0 atom stereocenters. The molecule has 2 rings (SSSR count). The molecule has 2 heterocycles. The maximum absolute atomic E-state index is 12.2. The summed E-state index contributed by atoms with van der Waals surface area (Å²) in [7, 11) is -1.85. The molecule has 18 heavy (non-hydrogen) atoms. The van der Waals surface area contributed by atoms with Gasteiger partial charge in [0.25, 0.3) is 10.2 Å². The Hall–Kier alpha value is -0.990. The Balaban J connectivity index is 2.04. The summed E-state index contributed by atoms with van der Waals surface area (Å²) >= 11 is 0. The first-order valence-corrected chi connectivity index (χ1v) is 7.46. The zero-order valence-electron chi connectivity index (χ0n) is 10.7. The Kier molecular flexibility index (Phi) is 3.98. The number of hydrogen-bond donors (Lipinski definition) is 0. The standard InChI is InChI=1S/C10H18N4O3S/c1-3-10-11-9(12-17-10)8-13(2)18(15,16)14-6-4-5-7-14/h3-8H2,1-2H3. The first-order chi connectivity index (χ1) is 8.54. The summed E-state index contributed by atoms with van der Waals surface area (Å²) in [6.45, 7) is 3.24. The molecule has 1 aliphatic heterocycles. The molecule has 0 bridgehead atoms. The summed E-state index contributed by atoms with van der Waals surface area (Å²) < 4.78 is 32.1. The number of hydrogen-bond acceptors (Lipinski definition) is 5. The zero-order chi connectivity index (χ0) is 13.2. The number of aryl methyl sites for hydroxylation is 1. The monoisotopic (exact) mass is 274 g/mol. The molecule has 0 amide bonds. The second-order valence-corrected chi connectivity index (χ2v) is 6.36. The molecule has 0 saturated carbocycles.